The number of fused-ring (bicyclic) bond motifs is 1. The maximum atomic E-state index is 12.0. The van der Waals surface area contributed by atoms with Gasteiger partial charge in [-0.3, -0.25) is 4.79 Å². The van der Waals surface area contributed by atoms with Crippen molar-refractivity contribution < 1.29 is 14.4 Å². The standard InChI is InChI=1S/C14H18N2O3/c1-9(17)14(2,3)15-13(18)8-11-10-6-4-5-7-12(10)19-16-11/h4-7,9,17H,8H2,1-3H3,(H,15,18). The maximum Gasteiger partial charge on any atom is 0.226 e. The predicted molar refractivity (Wildman–Crippen MR) is 71.6 cm³/mol. The minimum atomic E-state index is -0.670. The van der Waals surface area contributed by atoms with Gasteiger partial charge in [0.15, 0.2) is 5.58 Å². The van der Waals surface area contributed by atoms with E-state index in [-0.39, 0.29) is 12.3 Å². The van der Waals surface area contributed by atoms with E-state index in [1.54, 1.807) is 20.8 Å². The number of benzene rings is 1. The van der Waals surface area contributed by atoms with Crippen LogP contribution in [0.3, 0.4) is 0 Å². The molecular weight excluding hydrogens is 244 g/mol. The number of nitrogens with zero attached hydrogens (tertiary/aromatic N) is 1. The van der Waals surface area contributed by atoms with Crippen molar-refractivity contribution in [1.82, 2.24) is 10.5 Å². The second-order valence-electron chi connectivity index (χ2n) is 5.25. The van der Waals surface area contributed by atoms with Crippen molar-refractivity contribution >= 4 is 16.9 Å². The van der Waals surface area contributed by atoms with Gasteiger partial charge in [-0.15, -0.1) is 0 Å². The van der Waals surface area contributed by atoms with Crippen LogP contribution in [0.15, 0.2) is 28.8 Å². The number of para-hydroxylation sites is 1. The van der Waals surface area contributed by atoms with E-state index in [9.17, 15) is 9.90 Å². The van der Waals surface area contributed by atoms with E-state index in [0.29, 0.717) is 11.3 Å². The summed E-state index contributed by atoms with van der Waals surface area (Å²) in [7, 11) is 0. The Kier molecular flexibility index (Phi) is 3.57. The zero-order valence-electron chi connectivity index (χ0n) is 11.3. The molecule has 19 heavy (non-hydrogen) atoms. The number of amides is 1. The molecule has 1 heterocycles. The van der Waals surface area contributed by atoms with Crippen LogP contribution < -0.4 is 5.32 Å². The van der Waals surface area contributed by atoms with Crippen molar-refractivity contribution in [3.8, 4) is 0 Å². The minimum Gasteiger partial charge on any atom is -0.391 e. The molecule has 2 N–H and O–H groups in total. The Balaban J connectivity index is 2.11. The number of aromatic nitrogens is 1. The van der Waals surface area contributed by atoms with Crippen molar-refractivity contribution in [2.45, 2.75) is 38.8 Å². The number of carbonyl (C=O) groups excluding carboxylic acids is 1. The first-order chi connectivity index (χ1) is 8.90. The lowest BCUT2D eigenvalue weighted by atomic mass is 9.98. The number of hydrogen-bond donors (Lipinski definition) is 2. The van der Waals surface area contributed by atoms with Gasteiger partial charge in [-0.1, -0.05) is 17.3 Å². The number of carbonyl (C=O) groups is 1. The van der Waals surface area contributed by atoms with Gasteiger partial charge >= 0.3 is 0 Å². The second-order valence-corrected chi connectivity index (χ2v) is 5.25. The van der Waals surface area contributed by atoms with E-state index in [4.69, 9.17) is 4.52 Å². The molecule has 0 aliphatic rings. The Morgan fingerprint density at radius 1 is 1.47 bits per heavy atom. The van der Waals surface area contributed by atoms with Gasteiger partial charge < -0.3 is 14.9 Å². The highest BCUT2D eigenvalue weighted by atomic mass is 16.5. The summed E-state index contributed by atoms with van der Waals surface area (Å²) in [5.41, 5.74) is 0.603. The summed E-state index contributed by atoms with van der Waals surface area (Å²) in [4.78, 5) is 12.0. The van der Waals surface area contributed by atoms with Crippen molar-refractivity contribution in [3.05, 3.63) is 30.0 Å². The quantitative estimate of drug-likeness (QED) is 0.878. The van der Waals surface area contributed by atoms with Crippen molar-refractivity contribution in [1.29, 1.82) is 0 Å². The van der Waals surface area contributed by atoms with Crippen LogP contribution in [-0.2, 0) is 11.2 Å². The maximum absolute atomic E-state index is 12.0. The van der Waals surface area contributed by atoms with E-state index < -0.39 is 11.6 Å². The second kappa shape index (κ2) is 5.01. The molecule has 102 valence electrons. The van der Waals surface area contributed by atoms with Crippen molar-refractivity contribution in [2.75, 3.05) is 0 Å². The molecule has 0 saturated carbocycles. The Bertz CT molecular complexity index is 587. The lowest BCUT2D eigenvalue weighted by Crippen LogP contribution is -2.51. The SMILES string of the molecule is CC(O)C(C)(C)NC(=O)Cc1noc2ccccc12. The molecule has 0 saturated heterocycles. The topological polar surface area (TPSA) is 75.4 Å². The number of aliphatic hydroxyl groups is 1. The first-order valence-electron chi connectivity index (χ1n) is 6.22. The van der Waals surface area contributed by atoms with Gasteiger partial charge in [0.25, 0.3) is 0 Å². The van der Waals surface area contributed by atoms with Crippen LogP contribution >= 0.6 is 0 Å². The van der Waals surface area contributed by atoms with E-state index in [1.807, 2.05) is 24.3 Å². The molecule has 2 rings (SSSR count). The molecule has 5 nitrogen and oxygen atoms in total. The van der Waals surface area contributed by atoms with Crippen molar-refractivity contribution in [3.63, 3.8) is 0 Å². The van der Waals surface area contributed by atoms with Crippen LogP contribution in [0.25, 0.3) is 11.0 Å². The predicted octanol–water partition coefficient (Wildman–Crippen LogP) is 1.65. The van der Waals surface area contributed by atoms with Crippen molar-refractivity contribution in [2.24, 2.45) is 0 Å². The average Bonchev–Trinajstić information content (AvgIpc) is 2.72. The largest absolute Gasteiger partial charge is 0.391 e. The van der Waals surface area contributed by atoms with Gasteiger partial charge in [0.05, 0.1) is 18.1 Å². The summed E-state index contributed by atoms with van der Waals surface area (Å²) >= 11 is 0. The first kappa shape index (κ1) is 13.5. The van der Waals surface area contributed by atoms with E-state index in [0.717, 1.165) is 5.39 Å². The molecule has 0 aliphatic carbocycles. The van der Waals surface area contributed by atoms with Gasteiger partial charge in [-0.2, -0.15) is 0 Å². The van der Waals surface area contributed by atoms with Gasteiger partial charge in [-0.05, 0) is 32.9 Å². The van der Waals surface area contributed by atoms with Gasteiger partial charge in [0, 0.05) is 5.39 Å². The van der Waals surface area contributed by atoms with E-state index >= 15 is 0 Å². The molecule has 0 aliphatic heterocycles. The first-order valence-corrected chi connectivity index (χ1v) is 6.22. The lowest BCUT2D eigenvalue weighted by Gasteiger charge is -2.29. The summed E-state index contributed by atoms with van der Waals surface area (Å²) in [5.74, 6) is -0.190. The highest BCUT2D eigenvalue weighted by Gasteiger charge is 2.26. The van der Waals surface area contributed by atoms with Gasteiger partial charge in [0.1, 0.15) is 5.69 Å². The number of nitrogens with one attached hydrogen (secondary N) is 1. The third kappa shape index (κ3) is 2.93. The molecule has 0 radical (unpaired) electrons. The summed E-state index contributed by atoms with van der Waals surface area (Å²) in [5, 5.41) is 17.1. The van der Waals surface area contributed by atoms with Crippen LogP contribution in [0, 0.1) is 0 Å². The van der Waals surface area contributed by atoms with Crippen LogP contribution in [0.4, 0.5) is 0 Å². The molecule has 1 unspecified atom stereocenters. The number of rotatable bonds is 4. The zero-order valence-corrected chi connectivity index (χ0v) is 11.3. The van der Waals surface area contributed by atoms with Crippen LogP contribution in [0.5, 0.6) is 0 Å². The highest BCUT2D eigenvalue weighted by Crippen LogP contribution is 2.18. The Hall–Kier alpha value is -1.88. The van der Waals surface area contributed by atoms with Gasteiger partial charge in [-0.25, -0.2) is 0 Å². The Labute approximate surface area is 111 Å². The Morgan fingerprint density at radius 3 is 2.84 bits per heavy atom. The fourth-order valence-corrected chi connectivity index (χ4v) is 1.73. The molecule has 5 heteroatoms. The smallest absolute Gasteiger partial charge is 0.226 e. The zero-order chi connectivity index (χ0) is 14.0. The Morgan fingerprint density at radius 2 is 2.16 bits per heavy atom. The summed E-state index contributed by atoms with van der Waals surface area (Å²) in [6.45, 7) is 5.19. The van der Waals surface area contributed by atoms with E-state index in [1.165, 1.54) is 0 Å². The monoisotopic (exact) mass is 262 g/mol. The lowest BCUT2D eigenvalue weighted by molar-refractivity contribution is -0.123. The summed E-state index contributed by atoms with van der Waals surface area (Å²) < 4.78 is 5.15. The molecule has 0 bridgehead atoms. The molecular formula is C14H18N2O3. The third-order valence-electron chi connectivity index (χ3n) is 3.29. The van der Waals surface area contributed by atoms with Crippen LogP contribution in [0.2, 0.25) is 0 Å². The fraction of sp³-hybridized carbons (Fsp3) is 0.429. The molecule has 0 spiro atoms. The molecule has 1 atom stereocenters. The molecule has 2 aromatic rings. The highest BCUT2D eigenvalue weighted by molar-refractivity contribution is 5.86. The van der Waals surface area contributed by atoms with Crippen LogP contribution in [-0.4, -0.2) is 27.8 Å². The molecule has 0 fully saturated rings. The van der Waals surface area contributed by atoms with Gasteiger partial charge in [0.2, 0.25) is 5.91 Å². The van der Waals surface area contributed by atoms with Crippen LogP contribution in [0.1, 0.15) is 26.5 Å². The minimum absolute atomic E-state index is 0.132. The number of aliphatic hydroxyl groups excluding tert-OH is 1. The molecule has 1 aromatic heterocycles. The average molecular weight is 262 g/mol. The third-order valence-corrected chi connectivity index (χ3v) is 3.29. The number of hydrogen-bond acceptors (Lipinski definition) is 4. The molecule has 1 aromatic carbocycles. The molecule has 1 amide bonds. The fourth-order valence-electron chi connectivity index (χ4n) is 1.73. The van der Waals surface area contributed by atoms with E-state index in [2.05, 4.69) is 10.5 Å². The summed E-state index contributed by atoms with van der Waals surface area (Å²) in [6.07, 6.45) is -0.502. The normalized spacial score (nSPS) is 13.5. The summed E-state index contributed by atoms with van der Waals surface area (Å²) in [6, 6.07) is 7.41.